The lowest BCUT2D eigenvalue weighted by Gasteiger charge is -2.44. The minimum atomic E-state index is -0.152. The zero-order chi connectivity index (χ0) is 39.5. The molecule has 2 fully saturated rings. The van der Waals surface area contributed by atoms with E-state index in [-0.39, 0.29) is 5.41 Å². The van der Waals surface area contributed by atoms with Crippen LogP contribution >= 0.6 is 0 Å². The van der Waals surface area contributed by atoms with Gasteiger partial charge in [0.25, 0.3) is 0 Å². The lowest BCUT2D eigenvalue weighted by molar-refractivity contribution is 0.0935. The summed E-state index contributed by atoms with van der Waals surface area (Å²) >= 11 is 0. The molecule has 1 aromatic heterocycles. The summed E-state index contributed by atoms with van der Waals surface area (Å²) in [5, 5.41) is 5.07. The molecule has 2 heteroatoms. The Labute approximate surface area is 345 Å². The van der Waals surface area contributed by atoms with Gasteiger partial charge in [0.05, 0.1) is 16.7 Å². The van der Waals surface area contributed by atoms with Gasteiger partial charge in [-0.25, -0.2) is 0 Å². The first kappa shape index (κ1) is 36.7. The second-order valence-electron chi connectivity index (χ2n) is 18.5. The Morgan fingerprint density at radius 2 is 1.16 bits per heavy atom. The number of nitrogens with zero attached hydrogens (tertiary/aromatic N) is 2. The highest BCUT2D eigenvalue weighted by molar-refractivity contribution is 6.09. The standard InChI is InChI=1S/C56H56N2/c1-37-31-40-33-41(32-37)35-43(34-40)39(3)50-36-46(29-30-52(50)56(4,5)51-21-11-6-15-38(51)2)57(53-24-14-17-42-16-7-8-18-47(42)53)44-25-27-45(28-26-44)58-54-22-12-9-19-48(54)49-20-10-13-23-55(49)58/h6-30,36-37,39-41,43H,31-35H2,1-5H3/t37?,39-,40-,41+,43+/m0/s1. The van der Waals surface area contributed by atoms with Gasteiger partial charge in [-0.05, 0) is 151 Å². The van der Waals surface area contributed by atoms with E-state index in [2.05, 4.69) is 202 Å². The second kappa shape index (κ2) is 14.7. The summed E-state index contributed by atoms with van der Waals surface area (Å²) in [5.41, 5.74) is 12.8. The lowest BCUT2D eigenvalue weighted by Crippen LogP contribution is -2.33. The number of anilines is 3. The molecule has 7 aromatic carbocycles. The van der Waals surface area contributed by atoms with Crippen LogP contribution in [0.3, 0.4) is 0 Å². The van der Waals surface area contributed by atoms with E-state index >= 15 is 0 Å². The molecule has 0 radical (unpaired) electrons. The van der Waals surface area contributed by atoms with Crippen molar-refractivity contribution in [2.24, 2.45) is 23.7 Å². The molecule has 2 saturated carbocycles. The topological polar surface area (TPSA) is 8.17 Å². The number of para-hydroxylation sites is 2. The zero-order valence-corrected chi connectivity index (χ0v) is 34.8. The van der Waals surface area contributed by atoms with Gasteiger partial charge >= 0.3 is 0 Å². The summed E-state index contributed by atoms with van der Waals surface area (Å²) in [7, 11) is 0. The molecule has 58 heavy (non-hydrogen) atoms. The van der Waals surface area contributed by atoms with Crippen LogP contribution in [0.4, 0.5) is 17.1 Å². The van der Waals surface area contributed by atoms with Crippen LogP contribution in [0.5, 0.6) is 0 Å². The van der Waals surface area contributed by atoms with E-state index in [1.807, 2.05) is 0 Å². The van der Waals surface area contributed by atoms with E-state index in [9.17, 15) is 0 Å². The first-order valence-corrected chi connectivity index (χ1v) is 21.8. The van der Waals surface area contributed by atoms with Crippen molar-refractivity contribution >= 4 is 49.6 Å². The summed E-state index contributed by atoms with van der Waals surface area (Å²) in [6.45, 7) is 12.2. The maximum Gasteiger partial charge on any atom is 0.0541 e. The Bertz CT molecular complexity index is 2690. The number of aromatic nitrogens is 1. The SMILES string of the molecule is Cc1ccccc1C(C)(C)c1ccc(N(c2ccc(-n3c4ccccc4c4ccccc43)cc2)c2cccc3ccccc23)cc1[C@@H](C)[C@H]1C[C@@H]2CC(C)C[C@@H](C2)C1. The van der Waals surface area contributed by atoms with Gasteiger partial charge in [-0.1, -0.05) is 131 Å². The van der Waals surface area contributed by atoms with E-state index in [4.69, 9.17) is 0 Å². The molecule has 290 valence electrons. The number of hydrogen-bond acceptors (Lipinski definition) is 1. The molecular formula is C56H56N2. The fraction of sp³-hybridized carbons (Fsp3) is 0.286. The number of hydrogen-bond donors (Lipinski definition) is 0. The predicted molar refractivity (Wildman–Crippen MR) is 247 cm³/mol. The fourth-order valence-corrected chi connectivity index (χ4v) is 11.7. The van der Waals surface area contributed by atoms with Gasteiger partial charge in [0.15, 0.2) is 0 Å². The average molecular weight is 757 g/mol. The van der Waals surface area contributed by atoms with Crippen LogP contribution in [-0.4, -0.2) is 4.57 Å². The summed E-state index contributed by atoms with van der Waals surface area (Å²) < 4.78 is 2.42. The molecule has 2 aliphatic rings. The summed E-state index contributed by atoms with van der Waals surface area (Å²) in [4.78, 5) is 2.52. The largest absolute Gasteiger partial charge is 0.310 e. The Hall–Kier alpha value is -5.60. The molecule has 0 spiro atoms. The van der Waals surface area contributed by atoms with Crippen LogP contribution in [0.2, 0.25) is 0 Å². The van der Waals surface area contributed by atoms with Crippen molar-refractivity contribution in [3.8, 4) is 5.69 Å². The van der Waals surface area contributed by atoms with Crippen molar-refractivity contribution in [3.05, 3.63) is 180 Å². The molecule has 0 aliphatic heterocycles. The number of rotatable bonds is 8. The van der Waals surface area contributed by atoms with Crippen LogP contribution in [0.25, 0.3) is 38.3 Å². The smallest absolute Gasteiger partial charge is 0.0541 e. The molecule has 8 aromatic rings. The van der Waals surface area contributed by atoms with Crippen molar-refractivity contribution in [1.82, 2.24) is 4.57 Å². The average Bonchev–Trinajstić information content (AvgIpc) is 3.58. The monoisotopic (exact) mass is 756 g/mol. The lowest BCUT2D eigenvalue weighted by atomic mass is 9.61. The van der Waals surface area contributed by atoms with Crippen LogP contribution in [-0.2, 0) is 5.41 Å². The molecular weight excluding hydrogens is 701 g/mol. The van der Waals surface area contributed by atoms with Crippen LogP contribution in [0.1, 0.15) is 88.0 Å². The van der Waals surface area contributed by atoms with Crippen molar-refractivity contribution in [2.75, 3.05) is 4.90 Å². The molecule has 1 unspecified atom stereocenters. The third kappa shape index (κ3) is 6.33. The molecule has 0 saturated heterocycles. The Morgan fingerprint density at radius 1 is 0.569 bits per heavy atom. The summed E-state index contributed by atoms with van der Waals surface area (Å²) in [6, 6.07) is 59.0. The van der Waals surface area contributed by atoms with Gasteiger partial charge < -0.3 is 9.47 Å². The van der Waals surface area contributed by atoms with E-state index < -0.39 is 0 Å². The first-order chi connectivity index (χ1) is 28.2. The highest BCUT2D eigenvalue weighted by atomic mass is 15.1. The third-order valence-electron chi connectivity index (χ3n) is 14.3. The molecule has 2 aliphatic carbocycles. The van der Waals surface area contributed by atoms with Crippen LogP contribution < -0.4 is 4.90 Å². The Balaban J connectivity index is 1.14. The molecule has 2 bridgehead atoms. The normalized spacial score (nSPS) is 20.1. The Morgan fingerprint density at radius 3 is 1.84 bits per heavy atom. The maximum absolute atomic E-state index is 2.59. The number of benzene rings is 7. The van der Waals surface area contributed by atoms with E-state index in [0.29, 0.717) is 11.8 Å². The van der Waals surface area contributed by atoms with E-state index in [1.54, 1.807) is 0 Å². The van der Waals surface area contributed by atoms with Crippen molar-refractivity contribution in [1.29, 1.82) is 0 Å². The second-order valence-corrected chi connectivity index (χ2v) is 18.5. The quantitative estimate of drug-likeness (QED) is 0.150. The first-order valence-electron chi connectivity index (χ1n) is 21.8. The molecule has 1 heterocycles. The van der Waals surface area contributed by atoms with Gasteiger partial charge in [-0.15, -0.1) is 0 Å². The van der Waals surface area contributed by atoms with Crippen molar-refractivity contribution in [3.63, 3.8) is 0 Å². The Kier molecular flexibility index (Phi) is 9.28. The van der Waals surface area contributed by atoms with Gasteiger partial charge in [0.2, 0.25) is 0 Å². The van der Waals surface area contributed by atoms with Gasteiger partial charge in [0.1, 0.15) is 0 Å². The third-order valence-corrected chi connectivity index (χ3v) is 14.3. The predicted octanol–water partition coefficient (Wildman–Crippen LogP) is 15.6. The molecule has 2 nitrogen and oxygen atoms in total. The van der Waals surface area contributed by atoms with Crippen LogP contribution in [0.15, 0.2) is 158 Å². The van der Waals surface area contributed by atoms with Gasteiger partial charge in [-0.3, -0.25) is 0 Å². The summed E-state index contributed by atoms with van der Waals surface area (Å²) in [6.07, 6.45) is 6.96. The number of fused-ring (bicyclic) bond motifs is 6. The molecule has 10 rings (SSSR count). The van der Waals surface area contributed by atoms with Crippen molar-refractivity contribution < 1.29 is 0 Å². The minimum Gasteiger partial charge on any atom is -0.310 e. The highest BCUT2D eigenvalue weighted by Crippen LogP contribution is 2.51. The molecule has 5 atom stereocenters. The number of aryl methyl sites for hydroxylation is 1. The zero-order valence-electron chi connectivity index (χ0n) is 34.8. The van der Waals surface area contributed by atoms with Gasteiger partial charge in [0, 0.05) is 38.6 Å². The highest BCUT2D eigenvalue weighted by Gasteiger charge is 2.39. The minimum absolute atomic E-state index is 0.152. The molecule has 0 N–H and O–H groups in total. The van der Waals surface area contributed by atoms with E-state index in [1.165, 1.54) is 104 Å². The molecule has 0 amide bonds. The van der Waals surface area contributed by atoms with E-state index in [0.717, 1.165) is 23.4 Å². The van der Waals surface area contributed by atoms with Gasteiger partial charge in [-0.2, -0.15) is 0 Å². The van der Waals surface area contributed by atoms with Crippen LogP contribution in [0, 0.1) is 30.6 Å². The fourth-order valence-electron chi connectivity index (χ4n) is 11.7. The van der Waals surface area contributed by atoms with Crippen molar-refractivity contribution in [2.45, 2.75) is 78.1 Å². The summed E-state index contributed by atoms with van der Waals surface area (Å²) in [5.74, 6) is 3.74. The maximum atomic E-state index is 2.59.